The van der Waals surface area contributed by atoms with Gasteiger partial charge in [0.05, 0.1) is 0 Å². The fourth-order valence-corrected chi connectivity index (χ4v) is 5.19. The maximum absolute atomic E-state index is 12.4. The Morgan fingerprint density at radius 3 is 2.96 bits per heavy atom. The Morgan fingerprint density at radius 1 is 1.43 bits per heavy atom. The van der Waals surface area contributed by atoms with Crippen LogP contribution in [0.3, 0.4) is 0 Å². The number of hydrogen-bond donors (Lipinski definition) is 1. The highest BCUT2D eigenvalue weighted by Gasteiger charge is 2.50. The third-order valence-electron chi connectivity index (χ3n) is 5.29. The molecular weight excluding hydrogens is 314 g/mol. The van der Waals surface area contributed by atoms with Crippen LogP contribution in [0.4, 0.5) is 0 Å². The van der Waals surface area contributed by atoms with Gasteiger partial charge in [-0.2, -0.15) is 0 Å². The molecule has 1 aromatic heterocycles. The molecule has 0 bridgehead atoms. The number of likely N-dealkylation sites (tertiary alicyclic amines) is 1. The largest absolute Gasteiger partial charge is 0.339 e. The highest BCUT2D eigenvalue weighted by Crippen LogP contribution is 2.47. The highest BCUT2D eigenvalue weighted by atomic mass is 32.2. The van der Waals surface area contributed by atoms with Crippen molar-refractivity contribution < 1.29 is 13.2 Å². The minimum absolute atomic E-state index is 0.126. The van der Waals surface area contributed by atoms with Gasteiger partial charge in [-0.1, -0.05) is 6.42 Å². The van der Waals surface area contributed by atoms with Crippen molar-refractivity contribution in [3.05, 3.63) is 24.5 Å². The van der Waals surface area contributed by atoms with E-state index in [9.17, 15) is 13.2 Å². The number of fused-ring (bicyclic) bond motifs is 1. The zero-order valence-corrected chi connectivity index (χ0v) is 14.2. The first-order valence-corrected chi connectivity index (χ1v) is 9.66. The van der Waals surface area contributed by atoms with Gasteiger partial charge in [-0.15, -0.1) is 0 Å². The Balaban J connectivity index is 1.78. The van der Waals surface area contributed by atoms with E-state index in [2.05, 4.69) is 9.71 Å². The number of piperidine rings is 1. The smallest absolute Gasteiger partial charge is 0.242 e. The summed E-state index contributed by atoms with van der Waals surface area (Å²) in [6.07, 6.45) is 7.17. The van der Waals surface area contributed by atoms with Crippen LogP contribution in [-0.2, 0) is 14.8 Å². The number of carbonyl (C=O) groups excluding carboxylic acids is 1. The van der Waals surface area contributed by atoms with Crippen molar-refractivity contribution in [2.24, 2.45) is 5.41 Å². The van der Waals surface area contributed by atoms with E-state index in [1.807, 2.05) is 11.8 Å². The van der Waals surface area contributed by atoms with Crippen LogP contribution in [0.2, 0.25) is 0 Å². The van der Waals surface area contributed by atoms with Gasteiger partial charge in [-0.05, 0) is 38.3 Å². The second-order valence-corrected chi connectivity index (χ2v) is 8.23. The average molecular weight is 337 g/mol. The molecule has 2 aliphatic rings. The van der Waals surface area contributed by atoms with E-state index in [4.69, 9.17) is 0 Å². The van der Waals surface area contributed by atoms with Gasteiger partial charge in [0, 0.05) is 43.4 Å². The van der Waals surface area contributed by atoms with Crippen molar-refractivity contribution in [2.75, 3.05) is 13.1 Å². The van der Waals surface area contributed by atoms with Gasteiger partial charge in [0.1, 0.15) is 4.90 Å². The van der Waals surface area contributed by atoms with Gasteiger partial charge in [-0.25, -0.2) is 13.1 Å². The summed E-state index contributed by atoms with van der Waals surface area (Å²) in [6, 6.07) is 3.32. The first-order chi connectivity index (χ1) is 11.0. The van der Waals surface area contributed by atoms with Gasteiger partial charge in [0.2, 0.25) is 15.9 Å². The van der Waals surface area contributed by atoms with Crippen molar-refractivity contribution in [3.63, 3.8) is 0 Å². The molecule has 1 N–H and O–H groups in total. The summed E-state index contributed by atoms with van der Waals surface area (Å²) in [6.45, 7) is 3.07. The zero-order valence-electron chi connectivity index (χ0n) is 13.4. The predicted molar refractivity (Wildman–Crippen MR) is 86.1 cm³/mol. The number of aromatic nitrogens is 1. The van der Waals surface area contributed by atoms with Gasteiger partial charge < -0.3 is 4.90 Å². The molecule has 1 saturated carbocycles. The summed E-state index contributed by atoms with van der Waals surface area (Å²) in [5.74, 6) is 0.199. The van der Waals surface area contributed by atoms with Crippen LogP contribution in [0.5, 0.6) is 0 Å². The fraction of sp³-hybridized carbons (Fsp3) is 0.625. The van der Waals surface area contributed by atoms with Crippen molar-refractivity contribution in [1.82, 2.24) is 14.6 Å². The molecule has 6 nitrogen and oxygen atoms in total. The van der Waals surface area contributed by atoms with E-state index in [1.54, 1.807) is 18.3 Å². The lowest BCUT2D eigenvalue weighted by molar-refractivity contribution is -0.141. The van der Waals surface area contributed by atoms with E-state index in [1.165, 1.54) is 6.20 Å². The molecule has 2 fully saturated rings. The number of sulfonamides is 1. The molecule has 0 spiro atoms. The number of nitrogens with zero attached hydrogens (tertiary/aromatic N) is 2. The Morgan fingerprint density at radius 2 is 2.26 bits per heavy atom. The summed E-state index contributed by atoms with van der Waals surface area (Å²) < 4.78 is 27.6. The molecule has 0 unspecified atom stereocenters. The Labute approximate surface area is 137 Å². The molecule has 1 aliphatic heterocycles. The predicted octanol–water partition coefficient (Wildman–Crippen LogP) is 1.54. The summed E-state index contributed by atoms with van der Waals surface area (Å²) in [5.41, 5.74) is -0.126. The highest BCUT2D eigenvalue weighted by molar-refractivity contribution is 7.89. The van der Waals surface area contributed by atoms with Crippen molar-refractivity contribution in [1.29, 1.82) is 0 Å². The van der Waals surface area contributed by atoms with Crippen molar-refractivity contribution in [3.8, 4) is 0 Å². The molecular formula is C16H23N3O3S. The van der Waals surface area contributed by atoms with Crippen LogP contribution in [0.25, 0.3) is 0 Å². The van der Waals surface area contributed by atoms with E-state index in [-0.39, 0.29) is 22.3 Å². The molecule has 0 radical (unpaired) electrons. The van der Waals surface area contributed by atoms with E-state index >= 15 is 0 Å². The van der Waals surface area contributed by atoms with Crippen molar-refractivity contribution in [2.45, 2.75) is 50.0 Å². The van der Waals surface area contributed by atoms with Gasteiger partial charge in [-0.3, -0.25) is 9.78 Å². The third-order valence-corrected chi connectivity index (χ3v) is 6.68. The summed E-state index contributed by atoms with van der Waals surface area (Å²) >= 11 is 0. The van der Waals surface area contributed by atoms with Crippen LogP contribution in [0.1, 0.15) is 39.0 Å². The maximum atomic E-state index is 12.4. The molecule has 3 rings (SSSR count). The molecule has 1 aliphatic carbocycles. The van der Waals surface area contributed by atoms with Gasteiger partial charge >= 0.3 is 0 Å². The van der Waals surface area contributed by atoms with Crippen molar-refractivity contribution >= 4 is 15.9 Å². The SMILES string of the molecule is CCN1C(=O)CC[C@]2(CNS(=O)(=O)c3cccnc3)CCC[C@@H]12. The van der Waals surface area contributed by atoms with Crippen LogP contribution >= 0.6 is 0 Å². The molecule has 1 saturated heterocycles. The second-order valence-electron chi connectivity index (χ2n) is 6.46. The first-order valence-electron chi connectivity index (χ1n) is 8.18. The van der Waals surface area contributed by atoms with E-state index in [0.717, 1.165) is 25.7 Å². The standard InChI is InChI=1S/C16H23N3O3S/c1-2-19-14-6-3-8-16(14,9-7-15(19)20)12-18-23(21,22)13-5-4-10-17-11-13/h4-5,10-11,14,18H,2-3,6-9,12H2,1H3/t14-,16+/m1/s1. The Bertz CT molecular complexity index is 677. The zero-order chi connectivity index (χ0) is 16.5. The monoisotopic (exact) mass is 337 g/mol. The number of pyridine rings is 1. The van der Waals surface area contributed by atoms with E-state index in [0.29, 0.717) is 19.5 Å². The Hall–Kier alpha value is -1.47. The molecule has 126 valence electrons. The van der Waals surface area contributed by atoms with Crippen LogP contribution in [0, 0.1) is 5.41 Å². The molecule has 2 heterocycles. The molecule has 1 amide bonds. The molecule has 7 heteroatoms. The summed E-state index contributed by atoms with van der Waals surface area (Å²) in [4.78, 5) is 18.1. The first kappa shape index (κ1) is 16.4. The molecule has 23 heavy (non-hydrogen) atoms. The molecule has 0 aromatic carbocycles. The number of rotatable bonds is 5. The van der Waals surface area contributed by atoms with Gasteiger partial charge in [0.15, 0.2) is 0 Å². The van der Waals surface area contributed by atoms with Crippen LogP contribution < -0.4 is 4.72 Å². The molecule has 2 atom stereocenters. The quantitative estimate of drug-likeness (QED) is 0.884. The number of carbonyl (C=O) groups is 1. The number of hydrogen-bond acceptors (Lipinski definition) is 4. The summed E-state index contributed by atoms with van der Waals surface area (Å²) in [5, 5.41) is 0. The fourth-order valence-electron chi connectivity index (χ4n) is 4.09. The lowest BCUT2D eigenvalue weighted by Crippen LogP contribution is -2.55. The minimum Gasteiger partial charge on any atom is -0.339 e. The summed E-state index contributed by atoms with van der Waals surface area (Å²) in [7, 11) is -3.56. The second kappa shape index (κ2) is 6.20. The number of nitrogens with one attached hydrogen (secondary N) is 1. The third kappa shape index (κ3) is 2.99. The van der Waals surface area contributed by atoms with Gasteiger partial charge in [0.25, 0.3) is 0 Å². The van der Waals surface area contributed by atoms with E-state index < -0.39 is 10.0 Å². The lowest BCUT2D eigenvalue weighted by Gasteiger charge is -2.46. The minimum atomic E-state index is -3.56. The Kier molecular flexibility index (Phi) is 4.42. The maximum Gasteiger partial charge on any atom is 0.242 e. The lowest BCUT2D eigenvalue weighted by atomic mass is 9.75. The topological polar surface area (TPSA) is 79.4 Å². The van der Waals surface area contributed by atoms with Crippen LogP contribution in [-0.4, -0.2) is 43.3 Å². The molecule has 1 aromatic rings. The average Bonchev–Trinajstić information content (AvgIpc) is 2.98. The normalized spacial score (nSPS) is 28.0. The number of amides is 1. The van der Waals surface area contributed by atoms with Crippen LogP contribution in [0.15, 0.2) is 29.4 Å².